The molecule has 4 aromatic rings. The SMILES string of the molecule is COCCOC(=O)N1C(=O)[C@@]2(c3cc(C#CC4(O)CCCCCC4)ccc31)[C@H](c1cccc(OCCO)c1)N1[C@H](c3ccccc3)[C@H](c3ccccc3)OC(=O)[C@H]1[C@@H]2C(=O)N1CCCCCCC1. The number of ether oxygens (including phenoxy) is 4. The number of likely N-dealkylation sites (tertiary alicyclic amines) is 1. The fraction of sp³-hybridized carbons (Fsp3) is 0.455. The van der Waals surface area contributed by atoms with E-state index >= 15 is 14.4 Å². The smallest absolute Gasteiger partial charge is 0.421 e. The molecular weight excluding hydrogens is 863 g/mol. The molecule has 5 aliphatic rings. The third-order valence-electron chi connectivity index (χ3n) is 14.5. The van der Waals surface area contributed by atoms with Gasteiger partial charge in [-0.25, -0.2) is 9.69 Å². The molecule has 3 amide bonds. The molecule has 4 aliphatic heterocycles. The van der Waals surface area contributed by atoms with Crippen molar-refractivity contribution in [2.45, 2.75) is 106 Å². The zero-order chi connectivity index (χ0) is 47.3. The van der Waals surface area contributed by atoms with E-state index in [9.17, 15) is 15.0 Å². The molecule has 0 bridgehead atoms. The summed E-state index contributed by atoms with van der Waals surface area (Å²) in [5.41, 5.74) is -0.184. The lowest BCUT2D eigenvalue weighted by atomic mass is 9.64. The zero-order valence-electron chi connectivity index (χ0n) is 38.7. The Morgan fingerprint density at radius 2 is 1.41 bits per heavy atom. The fourth-order valence-corrected chi connectivity index (χ4v) is 11.5. The molecule has 13 heteroatoms. The summed E-state index contributed by atoms with van der Waals surface area (Å²) in [5, 5.41) is 21.6. The average Bonchev–Trinajstić information content (AvgIpc) is 3.68. The standard InChI is InChI=1S/C55H61N3O10/c1-65-34-35-67-53(63)57-44-25-24-38(26-29-54(64)27-13-3-4-14-28-54)36-43(44)55(52(57)62)45(50(60)56-30-15-5-2-6-16-31-56)47-51(61)68-48(40-20-11-8-12-21-40)46(39-18-9-7-10-19-39)58(47)49(55)41-22-17-23-42(37-41)66-33-32-59/h7-12,17-25,36-37,45-49,59,64H,2-6,13-16,27-28,30-35H2,1H3/t45-,46-,47-,48+,49+,55-/m1/s1. The van der Waals surface area contributed by atoms with Crippen LogP contribution in [0, 0.1) is 17.8 Å². The van der Waals surface area contributed by atoms with Crippen LogP contribution in [0.15, 0.2) is 103 Å². The molecule has 3 saturated heterocycles. The van der Waals surface area contributed by atoms with Crippen molar-refractivity contribution in [3.63, 3.8) is 0 Å². The molecule has 4 aromatic carbocycles. The predicted octanol–water partition coefficient (Wildman–Crippen LogP) is 7.74. The maximum absolute atomic E-state index is 16.6. The van der Waals surface area contributed by atoms with E-state index < -0.39 is 65.0 Å². The molecule has 1 spiro atoms. The number of methoxy groups -OCH3 is 1. The quantitative estimate of drug-likeness (QED) is 0.0695. The lowest BCUT2D eigenvalue weighted by Gasteiger charge is -2.46. The van der Waals surface area contributed by atoms with Crippen LogP contribution < -0.4 is 9.64 Å². The topological polar surface area (TPSA) is 155 Å². The summed E-state index contributed by atoms with van der Waals surface area (Å²) in [6.07, 6.45) is 7.29. The summed E-state index contributed by atoms with van der Waals surface area (Å²) in [5.74, 6) is 3.62. The number of fused-ring (bicyclic) bond motifs is 3. The highest BCUT2D eigenvalue weighted by atomic mass is 16.6. The Balaban J connectivity index is 1.36. The van der Waals surface area contributed by atoms with E-state index in [-0.39, 0.29) is 32.1 Å². The van der Waals surface area contributed by atoms with E-state index in [4.69, 9.17) is 18.9 Å². The maximum atomic E-state index is 16.6. The van der Waals surface area contributed by atoms with Gasteiger partial charge in [-0.1, -0.05) is 117 Å². The highest BCUT2D eigenvalue weighted by molar-refractivity contribution is 6.23. The number of cyclic esters (lactones) is 1. The van der Waals surface area contributed by atoms with Crippen LogP contribution in [0.25, 0.3) is 0 Å². The summed E-state index contributed by atoms with van der Waals surface area (Å²) in [6.45, 7) is 0.515. The molecule has 68 heavy (non-hydrogen) atoms. The van der Waals surface area contributed by atoms with Crippen LogP contribution >= 0.6 is 0 Å². The van der Waals surface area contributed by atoms with Crippen LogP contribution in [0.2, 0.25) is 0 Å². The second-order valence-electron chi connectivity index (χ2n) is 18.7. The third-order valence-corrected chi connectivity index (χ3v) is 14.5. The number of aliphatic hydroxyl groups excluding tert-OH is 1. The number of amides is 3. The van der Waals surface area contributed by atoms with Gasteiger partial charge in [0.25, 0.3) is 0 Å². The lowest BCUT2D eigenvalue weighted by Crippen LogP contribution is -2.56. The Morgan fingerprint density at radius 3 is 2.10 bits per heavy atom. The molecule has 356 valence electrons. The molecule has 13 nitrogen and oxygen atoms in total. The first-order valence-electron chi connectivity index (χ1n) is 24.3. The van der Waals surface area contributed by atoms with Crippen molar-refractivity contribution in [2.24, 2.45) is 5.92 Å². The van der Waals surface area contributed by atoms with Gasteiger partial charge >= 0.3 is 12.1 Å². The van der Waals surface area contributed by atoms with Crippen molar-refractivity contribution in [1.82, 2.24) is 9.80 Å². The van der Waals surface area contributed by atoms with Crippen LogP contribution in [0.1, 0.15) is 117 Å². The number of carbonyl (C=O) groups is 4. The van der Waals surface area contributed by atoms with E-state index in [0.29, 0.717) is 48.4 Å². The number of carbonyl (C=O) groups excluding carboxylic acids is 4. The predicted molar refractivity (Wildman–Crippen MR) is 253 cm³/mol. The molecule has 0 radical (unpaired) electrons. The summed E-state index contributed by atoms with van der Waals surface area (Å²) in [7, 11) is 1.48. The van der Waals surface area contributed by atoms with Crippen molar-refractivity contribution >= 4 is 29.6 Å². The number of benzene rings is 4. The van der Waals surface area contributed by atoms with Crippen LogP contribution in [-0.4, -0.2) is 102 Å². The molecule has 4 heterocycles. The molecule has 9 rings (SSSR count). The van der Waals surface area contributed by atoms with Gasteiger partial charge in [0.15, 0.2) is 0 Å². The van der Waals surface area contributed by atoms with Crippen molar-refractivity contribution in [1.29, 1.82) is 0 Å². The van der Waals surface area contributed by atoms with E-state index in [2.05, 4.69) is 11.8 Å². The highest BCUT2D eigenvalue weighted by Crippen LogP contribution is 2.66. The summed E-state index contributed by atoms with van der Waals surface area (Å²) in [6, 6.07) is 28.2. The number of esters is 1. The van der Waals surface area contributed by atoms with Crippen molar-refractivity contribution in [2.75, 3.05) is 51.5 Å². The molecule has 2 N–H and O–H groups in total. The monoisotopic (exact) mass is 923 g/mol. The first-order valence-corrected chi connectivity index (χ1v) is 24.3. The second kappa shape index (κ2) is 20.7. The lowest BCUT2D eigenvalue weighted by molar-refractivity contribution is -0.179. The molecular formula is C55H61N3O10. The number of imide groups is 1. The van der Waals surface area contributed by atoms with E-state index in [0.717, 1.165) is 73.8 Å². The van der Waals surface area contributed by atoms with Gasteiger partial charge in [0.2, 0.25) is 11.8 Å². The normalized spacial score (nSPS) is 25.8. The van der Waals surface area contributed by atoms with Gasteiger partial charge < -0.3 is 34.1 Å². The van der Waals surface area contributed by atoms with Crippen molar-refractivity contribution in [3.8, 4) is 17.6 Å². The second-order valence-corrected chi connectivity index (χ2v) is 18.7. The van der Waals surface area contributed by atoms with Crippen LogP contribution in [0.3, 0.4) is 0 Å². The number of anilines is 1. The van der Waals surface area contributed by atoms with Gasteiger partial charge in [0.1, 0.15) is 42.1 Å². The van der Waals surface area contributed by atoms with Gasteiger partial charge in [0, 0.05) is 25.8 Å². The molecule has 0 aromatic heterocycles. The minimum absolute atomic E-state index is 0.00600. The average molecular weight is 924 g/mol. The van der Waals surface area contributed by atoms with Crippen LogP contribution in [0.4, 0.5) is 10.5 Å². The number of hydrogen-bond acceptors (Lipinski definition) is 11. The Kier molecular flexibility index (Phi) is 14.3. The van der Waals surface area contributed by atoms with Crippen molar-refractivity contribution < 1.29 is 48.3 Å². The van der Waals surface area contributed by atoms with Gasteiger partial charge in [-0.15, -0.1) is 0 Å². The largest absolute Gasteiger partial charge is 0.491 e. The van der Waals surface area contributed by atoms with Crippen LogP contribution in [-0.2, 0) is 34.0 Å². The maximum Gasteiger partial charge on any atom is 0.421 e. The molecule has 4 fully saturated rings. The first kappa shape index (κ1) is 47.0. The van der Waals surface area contributed by atoms with Gasteiger partial charge in [0.05, 0.1) is 36.9 Å². The van der Waals surface area contributed by atoms with Gasteiger partial charge in [-0.2, -0.15) is 0 Å². The molecule has 1 saturated carbocycles. The number of aliphatic hydroxyl groups is 2. The molecule has 0 unspecified atom stereocenters. The third kappa shape index (κ3) is 8.91. The summed E-state index contributed by atoms with van der Waals surface area (Å²) in [4.78, 5) is 67.8. The molecule has 6 atom stereocenters. The Labute approximate surface area is 398 Å². The minimum atomic E-state index is -2.00. The van der Waals surface area contributed by atoms with E-state index in [1.54, 1.807) is 41.3 Å². The Morgan fingerprint density at radius 1 is 0.750 bits per heavy atom. The zero-order valence-corrected chi connectivity index (χ0v) is 38.7. The van der Waals surface area contributed by atoms with Crippen LogP contribution in [0.5, 0.6) is 5.75 Å². The Hall–Kier alpha value is -6.04. The fourth-order valence-electron chi connectivity index (χ4n) is 11.5. The summed E-state index contributed by atoms with van der Waals surface area (Å²) < 4.78 is 23.7. The van der Waals surface area contributed by atoms with E-state index in [1.807, 2.05) is 71.6 Å². The van der Waals surface area contributed by atoms with Crippen molar-refractivity contribution in [3.05, 3.63) is 131 Å². The summed E-state index contributed by atoms with van der Waals surface area (Å²) >= 11 is 0. The number of nitrogens with zero attached hydrogens (tertiary/aromatic N) is 3. The van der Waals surface area contributed by atoms with Gasteiger partial charge in [-0.3, -0.25) is 19.3 Å². The molecule has 1 aliphatic carbocycles. The van der Waals surface area contributed by atoms with Gasteiger partial charge in [-0.05, 0) is 91.1 Å². The Bertz CT molecular complexity index is 2510. The van der Waals surface area contributed by atoms with E-state index in [1.165, 1.54) is 7.11 Å². The minimum Gasteiger partial charge on any atom is -0.491 e. The highest BCUT2D eigenvalue weighted by Gasteiger charge is 2.76. The number of hydrogen-bond donors (Lipinski definition) is 2. The first-order chi connectivity index (χ1) is 33.2. The number of morpholine rings is 1. The number of rotatable bonds is 10.